The number of imidazole rings is 1. The monoisotopic (exact) mass is 397 g/mol. The number of nitrogens with one attached hydrogen (secondary N) is 2. The van der Waals surface area contributed by atoms with Crippen LogP contribution in [0.2, 0.25) is 0 Å². The van der Waals surface area contributed by atoms with Crippen molar-refractivity contribution in [1.82, 2.24) is 29.2 Å². The molecular formula is C19H23N7O3. The molecule has 0 radical (unpaired) electrons. The summed E-state index contributed by atoms with van der Waals surface area (Å²) in [4.78, 5) is 28.8. The number of carbonyl (C=O) groups excluding carboxylic acids is 1. The summed E-state index contributed by atoms with van der Waals surface area (Å²) >= 11 is 0. The number of carbonyl (C=O) groups is 1. The fourth-order valence-electron chi connectivity index (χ4n) is 3.41. The summed E-state index contributed by atoms with van der Waals surface area (Å²) in [5.74, 6) is 0.792. The third-order valence-corrected chi connectivity index (χ3v) is 4.94. The van der Waals surface area contributed by atoms with Gasteiger partial charge in [-0.25, -0.2) is 14.6 Å². The zero-order valence-corrected chi connectivity index (χ0v) is 16.3. The van der Waals surface area contributed by atoms with E-state index in [9.17, 15) is 9.59 Å². The molecule has 1 fully saturated rings. The minimum atomic E-state index is -0.317. The van der Waals surface area contributed by atoms with E-state index in [1.807, 2.05) is 17.8 Å². The average Bonchev–Trinajstić information content (AvgIpc) is 3.29. The highest BCUT2D eigenvalue weighted by Crippen LogP contribution is 2.27. The van der Waals surface area contributed by atoms with Gasteiger partial charge in [-0.15, -0.1) is 0 Å². The van der Waals surface area contributed by atoms with Gasteiger partial charge >= 0.3 is 11.7 Å². The predicted molar refractivity (Wildman–Crippen MR) is 106 cm³/mol. The smallest absolute Gasteiger partial charge is 0.350 e. The Labute approximate surface area is 167 Å². The Morgan fingerprint density at radius 1 is 1.21 bits per heavy atom. The topological polar surface area (TPSA) is 108 Å². The highest BCUT2D eigenvalue weighted by atomic mass is 16.5. The molecule has 0 spiro atoms. The lowest BCUT2D eigenvalue weighted by molar-refractivity contribution is -0.0136. The molecule has 1 aromatic carbocycles. The van der Waals surface area contributed by atoms with Crippen molar-refractivity contribution in [2.45, 2.75) is 25.0 Å². The van der Waals surface area contributed by atoms with Crippen molar-refractivity contribution in [2.75, 3.05) is 11.9 Å². The molecule has 152 valence electrons. The lowest BCUT2D eigenvalue weighted by atomic mass is 10.0. The minimum Gasteiger partial charge on any atom is -0.368 e. The second-order valence-corrected chi connectivity index (χ2v) is 7.02. The number of nitrogens with zero attached hydrogens (tertiary/aromatic N) is 5. The summed E-state index contributed by atoms with van der Waals surface area (Å²) < 4.78 is 10.5. The molecule has 0 saturated carbocycles. The molecule has 1 saturated heterocycles. The average molecular weight is 397 g/mol. The Kier molecular flexibility index (Phi) is 5.17. The van der Waals surface area contributed by atoms with Gasteiger partial charge in [0, 0.05) is 38.8 Å². The first kappa shape index (κ1) is 18.9. The molecule has 0 unspecified atom stereocenters. The quantitative estimate of drug-likeness (QED) is 0.691. The van der Waals surface area contributed by atoms with E-state index in [-0.39, 0.29) is 23.9 Å². The van der Waals surface area contributed by atoms with E-state index >= 15 is 0 Å². The standard InChI is InChI=1S/C19H23N7O3/c1-24-10-9-20-17(24)16-15(4-3-11-29-16)23-18(27)22-13-5-7-14(8-6-13)26-19(28)25(2)12-21-26/h5-10,12,15-16H,3-4,11H2,1-2H3,(H2,22,23,27)/t15-,16-/m0/s1. The number of rotatable bonds is 4. The van der Waals surface area contributed by atoms with Gasteiger partial charge in [0.1, 0.15) is 18.3 Å². The summed E-state index contributed by atoms with van der Waals surface area (Å²) in [5, 5.41) is 9.85. The highest BCUT2D eigenvalue weighted by Gasteiger charge is 2.31. The van der Waals surface area contributed by atoms with Crippen molar-refractivity contribution in [3.8, 4) is 5.69 Å². The third-order valence-electron chi connectivity index (χ3n) is 4.94. The van der Waals surface area contributed by atoms with Crippen LogP contribution in [-0.4, -0.2) is 42.6 Å². The Hall–Kier alpha value is -3.40. The number of aromatic nitrogens is 5. The van der Waals surface area contributed by atoms with Crippen LogP contribution in [0.15, 0.2) is 47.8 Å². The third kappa shape index (κ3) is 3.92. The SMILES string of the molecule is Cn1ccnc1[C@H]1OCCC[C@@H]1NC(=O)Nc1ccc(-n2ncn(C)c2=O)cc1. The molecule has 10 heteroatoms. The van der Waals surface area contributed by atoms with Crippen molar-refractivity contribution in [3.63, 3.8) is 0 Å². The van der Waals surface area contributed by atoms with Crippen LogP contribution >= 0.6 is 0 Å². The van der Waals surface area contributed by atoms with Crippen LogP contribution in [0.4, 0.5) is 10.5 Å². The van der Waals surface area contributed by atoms with Crippen LogP contribution < -0.4 is 16.3 Å². The molecule has 2 amide bonds. The maximum absolute atomic E-state index is 12.5. The second kappa shape index (κ2) is 7.92. The van der Waals surface area contributed by atoms with E-state index in [4.69, 9.17) is 4.74 Å². The Bertz CT molecular complexity index is 1050. The second-order valence-electron chi connectivity index (χ2n) is 7.02. The Morgan fingerprint density at radius 3 is 2.66 bits per heavy atom. The molecule has 3 heterocycles. The summed E-state index contributed by atoms with van der Waals surface area (Å²) in [6.45, 7) is 0.645. The Morgan fingerprint density at radius 2 is 2.00 bits per heavy atom. The molecule has 10 nitrogen and oxygen atoms in total. The first-order valence-corrected chi connectivity index (χ1v) is 9.40. The van der Waals surface area contributed by atoms with E-state index in [0.717, 1.165) is 18.7 Å². The predicted octanol–water partition coefficient (Wildman–Crippen LogP) is 1.35. The molecule has 1 aliphatic heterocycles. The summed E-state index contributed by atoms with van der Waals surface area (Å²) in [5.41, 5.74) is 0.999. The first-order chi connectivity index (χ1) is 14.0. The number of hydrogen-bond acceptors (Lipinski definition) is 5. The molecular weight excluding hydrogens is 374 g/mol. The molecule has 0 bridgehead atoms. The van der Waals surface area contributed by atoms with Crippen molar-refractivity contribution in [2.24, 2.45) is 14.1 Å². The van der Waals surface area contributed by atoms with Gasteiger partial charge < -0.3 is 19.9 Å². The maximum atomic E-state index is 12.5. The van der Waals surface area contributed by atoms with Crippen LogP contribution in [0.25, 0.3) is 5.69 Å². The lowest BCUT2D eigenvalue weighted by Crippen LogP contribution is -2.45. The minimum absolute atomic E-state index is 0.170. The maximum Gasteiger partial charge on any atom is 0.350 e. The van der Waals surface area contributed by atoms with Crippen LogP contribution in [0.5, 0.6) is 0 Å². The van der Waals surface area contributed by atoms with Gasteiger partial charge in [0.2, 0.25) is 0 Å². The zero-order valence-electron chi connectivity index (χ0n) is 16.3. The van der Waals surface area contributed by atoms with Crippen molar-refractivity contribution < 1.29 is 9.53 Å². The molecule has 2 aromatic heterocycles. The molecule has 3 aromatic rings. The van der Waals surface area contributed by atoms with Gasteiger partial charge in [0.25, 0.3) is 0 Å². The number of hydrogen-bond donors (Lipinski definition) is 2. The number of amides is 2. The van der Waals surface area contributed by atoms with Crippen LogP contribution in [0, 0.1) is 0 Å². The zero-order chi connectivity index (χ0) is 20.4. The number of urea groups is 1. The van der Waals surface area contributed by atoms with E-state index in [1.54, 1.807) is 37.5 Å². The van der Waals surface area contributed by atoms with Gasteiger partial charge in [-0.1, -0.05) is 0 Å². The molecule has 2 N–H and O–H groups in total. The molecule has 4 rings (SSSR count). The summed E-state index contributed by atoms with van der Waals surface area (Å²) in [6.07, 6.45) is 6.43. The van der Waals surface area contributed by atoms with Gasteiger partial charge in [0.05, 0.1) is 11.7 Å². The number of aryl methyl sites for hydroxylation is 2. The largest absolute Gasteiger partial charge is 0.368 e. The van der Waals surface area contributed by atoms with Crippen molar-refractivity contribution in [3.05, 3.63) is 59.3 Å². The van der Waals surface area contributed by atoms with Crippen LogP contribution in [-0.2, 0) is 18.8 Å². The van der Waals surface area contributed by atoms with Gasteiger partial charge in [-0.3, -0.25) is 4.57 Å². The number of benzene rings is 1. The fraction of sp³-hybridized carbons (Fsp3) is 0.368. The molecule has 0 aliphatic carbocycles. The highest BCUT2D eigenvalue weighted by molar-refractivity contribution is 5.89. The van der Waals surface area contributed by atoms with E-state index in [0.29, 0.717) is 18.0 Å². The summed E-state index contributed by atoms with van der Waals surface area (Å²) in [6, 6.07) is 6.42. The number of ether oxygens (including phenoxy) is 1. The number of anilines is 1. The normalized spacial score (nSPS) is 19.1. The van der Waals surface area contributed by atoms with E-state index in [2.05, 4.69) is 20.7 Å². The Balaban J connectivity index is 1.42. The molecule has 29 heavy (non-hydrogen) atoms. The fourth-order valence-corrected chi connectivity index (χ4v) is 3.41. The van der Waals surface area contributed by atoms with Gasteiger partial charge in [-0.2, -0.15) is 9.78 Å². The lowest BCUT2D eigenvalue weighted by Gasteiger charge is -2.31. The van der Waals surface area contributed by atoms with Crippen molar-refractivity contribution in [1.29, 1.82) is 0 Å². The van der Waals surface area contributed by atoms with Crippen LogP contribution in [0.3, 0.4) is 0 Å². The van der Waals surface area contributed by atoms with Gasteiger partial charge in [0.15, 0.2) is 0 Å². The van der Waals surface area contributed by atoms with E-state index in [1.165, 1.54) is 15.6 Å². The van der Waals surface area contributed by atoms with Gasteiger partial charge in [-0.05, 0) is 37.1 Å². The van der Waals surface area contributed by atoms with Crippen LogP contribution in [0.1, 0.15) is 24.8 Å². The first-order valence-electron chi connectivity index (χ1n) is 9.40. The molecule has 2 atom stereocenters. The van der Waals surface area contributed by atoms with Crippen molar-refractivity contribution >= 4 is 11.7 Å². The summed E-state index contributed by atoms with van der Waals surface area (Å²) in [7, 11) is 3.55. The molecule has 1 aliphatic rings. The van der Waals surface area contributed by atoms with E-state index < -0.39 is 0 Å².